The smallest absolute Gasteiger partial charge is 0.363 e. The average molecular weight is 446 g/mol. The number of carbonyl (C=O) groups is 1. The molecule has 170 valence electrons. The third-order valence-corrected chi connectivity index (χ3v) is 5.99. The zero-order valence-corrected chi connectivity index (χ0v) is 18.3. The number of anilines is 1. The number of hydrogen-bond acceptors (Lipinski definition) is 4. The highest BCUT2D eigenvalue weighted by Gasteiger charge is 2.46. The van der Waals surface area contributed by atoms with Gasteiger partial charge >= 0.3 is 6.18 Å². The van der Waals surface area contributed by atoms with Crippen LogP contribution < -0.4 is 10.6 Å². The molecule has 1 aliphatic rings. The molecular formula is C22H25F3N6O. The van der Waals surface area contributed by atoms with Gasteiger partial charge < -0.3 is 10.6 Å². The van der Waals surface area contributed by atoms with Gasteiger partial charge in [0.1, 0.15) is 5.82 Å². The molecule has 7 nitrogen and oxygen atoms in total. The Morgan fingerprint density at radius 3 is 2.47 bits per heavy atom. The van der Waals surface area contributed by atoms with Crippen LogP contribution in [0.5, 0.6) is 0 Å². The molecule has 4 rings (SSSR count). The summed E-state index contributed by atoms with van der Waals surface area (Å²) >= 11 is 0. The third-order valence-electron chi connectivity index (χ3n) is 5.99. The van der Waals surface area contributed by atoms with Crippen LogP contribution in [0.15, 0.2) is 30.3 Å². The normalized spacial score (nSPS) is 18.2. The van der Waals surface area contributed by atoms with E-state index in [4.69, 9.17) is 0 Å². The molecule has 0 fully saturated rings. The molecule has 32 heavy (non-hydrogen) atoms. The summed E-state index contributed by atoms with van der Waals surface area (Å²) < 4.78 is 44.1. The molecule has 2 atom stereocenters. The minimum absolute atomic E-state index is 0.0643. The number of nitrogens with one attached hydrogen (secondary N) is 2. The Kier molecular flexibility index (Phi) is 5.47. The Morgan fingerprint density at radius 2 is 1.88 bits per heavy atom. The Labute approximate surface area is 183 Å². The van der Waals surface area contributed by atoms with Crippen molar-refractivity contribution in [3.63, 3.8) is 0 Å². The van der Waals surface area contributed by atoms with Crippen molar-refractivity contribution in [2.24, 2.45) is 7.05 Å². The molecular weight excluding hydrogens is 421 g/mol. The van der Waals surface area contributed by atoms with Gasteiger partial charge in [0.05, 0.1) is 11.7 Å². The van der Waals surface area contributed by atoms with Crippen molar-refractivity contribution in [2.75, 3.05) is 5.32 Å². The highest BCUT2D eigenvalue weighted by atomic mass is 19.4. The number of fused-ring (bicyclic) bond motifs is 1. The molecule has 0 bridgehead atoms. The van der Waals surface area contributed by atoms with Crippen LogP contribution in [-0.4, -0.2) is 31.6 Å². The van der Waals surface area contributed by atoms with Gasteiger partial charge in [-0.2, -0.15) is 23.4 Å². The predicted molar refractivity (Wildman–Crippen MR) is 113 cm³/mol. The van der Waals surface area contributed by atoms with E-state index < -0.39 is 24.2 Å². The molecule has 3 aromatic rings. The number of hydrogen-bond donors (Lipinski definition) is 2. The second-order valence-electron chi connectivity index (χ2n) is 8.22. The first-order chi connectivity index (χ1) is 15.0. The SMILES string of the molecule is Cc1ccc(C2CC(C(F)(F)F)n3nc(C(=O)NCc4c(C)nn(C)c4C)cc3N2)cc1. The van der Waals surface area contributed by atoms with Crippen molar-refractivity contribution < 1.29 is 18.0 Å². The molecule has 3 heterocycles. The minimum atomic E-state index is -4.50. The lowest BCUT2D eigenvalue weighted by atomic mass is 9.96. The monoisotopic (exact) mass is 446 g/mol. The van der Waals surface area contributed by atoms with Crippen LogP contribution in [-0.2, 0) is 13.6 Å². The van der Waals surface area contributed by atoms with Gasteiger partial charge in [-0.15, -0.1) is 0 Å². The quantitative estimate of drug-likeness (QED) is 0.632. The molecule has 0 radical (unpaired) electrons. The zero-order chi connectivity index (χ0) is 23.2. The first-order valence-electron chi connectivity index (χ1n) is 10.3. The van der Waals surface area contributed by atoms with Crippen LogP contribution in [0.4, 0.5) is 19.0 Å². The lowest BCUT2D eigenvalue weighted by Gasteiger charge is -2.33. The average Bonchev–Trinajstić information content (AvgIpc) is 3.26. The van der Waals surface area contributed by atoms with Gasteiger partial charge in [-0.3, -0.25) is 9.48 Å². The number of halogens is 3. The Bertz CT molecular complexity index is 1150. The van der Waals surface area contributed by atoms with Gasteiger partial charge in [0.2, 0.25) is 0 Å². The second kappa shape index (κ2) is 7.99. The maximum Gasteiger partial charge on any atom is 0.410 e. The van der Waals surface area contributed by atoms with Crippen molar-refractivity contribution in [3.05, 3.63) is 64.1 Å². The van der Waals surface area contributed by atoms with Crippen molar-refractivity contribution in [3.8, 4) is 0 Å². The van der Waals surface area contributed by atoms with E-state index in [1.165, 1.54) is 6.07 Å². The van der Waals surface area contributed by atoms with Gasteiger partial charge in [-0.1, -0.05) is 29.8 Å². The maximum atomic E-state index is 13.8. The van der Waals surface area contributed by atoms with Gasteiger partial charge in [0.15, 0.2) is 11.7 Å². The minimum Gasteiger partial charge on any atom is -0.363 e. The van der Waals surface area contributed by atoms with Crippen LogP contribution in [0.25, 0.3) is 0 Å². The summed E-state index contributed by atoms with van der Waals surface area (Å²) in [6.45, 7) is 5.87. The Hall–Kier alpha value is -3.30. The van der Waals surface area contributed by atoms with E-state index in [0.717, 1.165) is 32.8 Å². The highest BCUT2D eigenvalue weighted by molar-refractivity contribution is 5.93. The summed E-state index contributed by atoms with van der Waals surface area (Å²) in [5.41, 5.74) is 4.28. The van der Waals surface area contributed by atoms with Gasteiger partial charge in [0.25, 0.3) is 5.91 Å². The number of alkyl halides is 3. The first-order valence-corrected chi connectivity index (χ1v) is 10.3. The van der Waals surface area contributed by atoms with E-state index >= 15 is 0 Å². The standard InChI is InChI=1S/C22H25F3N6O/c1-12-5-7-15(8-6-12)17-9-19(22(23,24)25)31-20(27-17)10-18(29-31)21(32)26-11-16-13(2)28-30(4)14(16)3/h5-8,10,17,19,27H,9,11H2,1-4H3,(H,26,32). The molecule has 2 unspecified atom stereocenters. The number of carbonyl (C=O) groups excluding carboxylic acids is 1. The third kappa shape index (κ3) is 4.09. The van der Waals surface area contributed by atoms with E-state index in [0.29, 0.717) is 0 Å². The highest BCUT2D eigenvalue weighted by Crippen LogP contribution is 2.43. The molecule has 2 N–H and O–H groups in total. The topological polar surface area (TPSA) is 76.8 Å². The van der Waals surface area contributed by atoms with Crippen molar-refractivity contribution in [1.29, 1.82) is 0 Å². The maximum absolute atomic E-state index is 13.8. The Balaban J connectivity index is 1.58. The molecule has 0 spiro atoms. The predicted octanol–water partition coefficient (Wildman–Crippen LogP) is 4.13. The summed E-state index contributed by atoms with van der Waals surface area (Å²) in [5, 5.41) is 14.2. The van der Waals surface area contributed by atoms with Crippen molar-refractivity contribution in [1.82, 2.24) is 24.9 Å². The molecule has 0 saturated carbocycles. The van der Waals surface area contributed by atoms with Crippen LogP contribution in [0, 0.1) is 20.8 Å². The number of nitrogens with zero attached hydrogens (tertiary/aromatic N) is 4. The molecule has 10 heteroatoms. The zero-order valence-electron chi connectivity index (χ0n) is 18.3. The van der Waals surface area contributed by atoms with E-state index in [1.807, 2.05) is 52.1 Å². The van der Waals surface area contributed by atoms with E-state index in [1.54, 1.807) is 4.68 Å². The van der Waals surface area contributed by atoms with Gasteiger partial charge in [-0.25, -0.2) is 4.68 Å². The van der Waals surface area contributed by atoms with Gasteiger partial charge in [0, 0.05) is 37.3 Å². The largest absolute Gasteiger partial charge is 0.410 e. The van der Waals surface area contributed by atoms with Crippen LogP contribution in [0.1, 0.15) is 57.1 Å². The summed E-state index contributed by atoms with van der Waals surface area (Å²) in [7, 11) is 1.81. The molecule has 2 aromatic heterocycles. The summed E-state index contributed by atoms with van der Waals surface area (Å²) in [6.07, 6.45) is -4.71. The van der Waals surface area contributed by atoms with Crippen LogP contribution >= 0.6 is 0 Å². The molecule has 0 saturated heterocycles. The number of aryl methyl sites for hydroxylation is 3. The molecule has 1 aromatic carbocycles. The number of aromatic nitrogens is 4. The summed E-state index contributed by atoms with van der Waals surface area (Å²) in [4.78, 5) is 12.7. The number of amides is 1. The lowest BCUT2D eigenvalue weighted by Crippen LogP contribution is -2.35. The fraction of sp³-hybridized carbons (Fsp3) is 0.409. The lowest BCUT2D eigenvalue weighted by molar-refractivity contribution is -0.173. The van der Waals surface area contributed by atoms with Crippen LogP contribution in [0.2, 0.25) is 0 Å². The van der Waals surface area contributed by atoms with E-state index in [2.05, 4.69) is 20.8 Å². The number of benzene rings is 1. The molecule has 1 aliphatic heterocycles. The fourth-order valence-electron chi connectivity index (χ4n) is 4.03. The van der Waals surface area contributed by atoms with Crippen molar-refractivity contribution in [2.45, 2.75) is 52.0 Å². The first kappa shape index (κ1) is 21.9. The van der Waals surface area contributed by atoms with E-state index in [-0.39, 0.29) is 24.5 Å². The molecule has 0 aliphatic carbocycles. The second-order valence-corrected chi connectivity index (χ2v) is 8.22. The summed E-state index contributed by atoms with van der Waals surface area (Å²) in [6, 6.07) is 6.38. The van der Waals surface area contributed by atoms with E-state index in [9.17, 15) is 18.0 Å². The fourth-order valence-corrected chi connectivity index (χ4v) is 4.03. The molecule has 1 amide bonds. The Morgan fingerprint density at radius 1 is 1.19 bits per heavy atom. The summed E-state index contributed by atoms with van der Waals surface area (Å²) in [5.74, 6) is -0.368. The van der Waals surface area contributed by atoms with Crippen LogP contribution in [0.3, 0.4) is 0 Å². The van der Waals surface area contributed by atoms with Crippen molar-refractivity contribution >= 4 is 11.7 Å². The number of rotatable bonds is 4. The van der Waals surface area contributed by atoms with Gasteiger partial charge in [-0.05, 0) is 26.3 Å².